The van der Waals surface area contributed by atoms with Gasteiger partial charge in [0.05, 0.1) is 6.61 Å². The highest BCUT2D eigenvalue weighted by atomic mass is 16.4. The van der Waals surface area contributed by atoms with E-state index >= 15 is 0 Å². The predicted molar refractivity (Wildman–Crippen MR) is 50.5 cm³/mol. The Kier molecular flexibility index (Phi) is 5.70. The van der Waals surface area contributed by atoms with E-state index in [1.807, 2.05) is 0 Å². The Morgan fingerprint density at radius 3 is 2.29 bits per heavy atom. The molecule has 6 N–H and O–H groups in total. The van der Waals surface area contributed by atoms with Gasteiger partial charge in [0, 0.05) is 0 Å². The van der Waals surface area contributed by atoms with Crippen LogP contribution >= 0.6 is 0 Å². The standard InChI is InChI=1S/C7H16BNO5/c9-7(5-10,6(11)12)3-1-2-4-8(13)14/h10,13-14H,1-5,9H2,(H,11,12)/t7-/m0/s1. The molecule has 82 valence electrons. The molecule has 0 heterocycles. The first-order valence-corrected chi connectivity index (χ1v) is 4.41. The van der Waals surface area contributed by atoms with E-state index in [9.17, 15) is 4.79 Å². The number of hydrogen-bond acceptors (Lipinski definition) is 5. The maximum atomic E-state index is 10.6. The fourth-order valence-electron chi connectivity index (χ4n) is 1.02. The Labute approximate surface area is 82.5 Å². The topological polar surface area (TPSA) is 124 Å². The van der Waals surface area contributed by atoms with Crippen molar-refractivity contribution in [2.75, 3.05) is 6.61 Å². The molecular weight excluding hydrogens is 189 g/mol. The third-order valence-corrected chi connectivity index (χ3v) is 2.04. The molecule has 0 aliphatic carbocycles. The number of aliphatic carboxylic acids is 1. The van der Waals surface area contributed by atoms with E-state index in [1.165, 1.54) is 0 Å². The first-order valence-electron chi connectivity index (χ1n) is 4.41. The lowest BCUT2D eigenvalue weighted by molar-refractivity contribution is -0.145. The third-order valence-electron chi connectivity index (χ3n) is 2.04. The van der Waals surface area contributed by atoms with Crippen LogP contribution in [0.2, 0.25) is 6.32 Å². The zero-order chi connectivity index (χ0) is 11.2. The van der Waals surface area contributed by atoms with Crippen molar-refractivity contribution in [1.29, 1.82) is 0 Å². The number of carboxylic acids is 1. The van der Waals surface area contributed by atoms with Crippen LogP contribution in [0.4, 0.5) is 0 Å². The fraction of sp³-hybridized carbons (Fsp3) is 0.857. The second-order valence-electron chi connectivity index (χ2n) is 3.35. The molecule has 0 spiro atoms. The van der Waals surface area contributed by atoms with Crippen molar-refractivity contribution in [3.8, 4) is 0 Å². The number of nitrogens with two attached hydrogens (primary N) is 1. The zero-order valence-corrected chi connectivity index (χ0v) is 7.89. The van der Waals surface area contributed by atoms with Gasteiger partial charge in [-0.25, -0.2) is 0 Å². The van der Waals surface area contributed by atoms with Gasteiger partial charge in [0.25, 0.3) is 0 Å². The summed E-state index contributed by atoms with van der Waals surface area (Å²) in [4.78, 5) is 10.6. The highest BCUT2D eigenvalue weighted by Gasteiger charge is 2.32. The molecule has 0 aliphatic rings. The SMILES string of the molecule is N[C@](CO)(CCCCB(O)O)C(=O)O. The largest absolute Gasteiger partial charge is 0.480 e. The van der Waals surface area contributed by atoms with Crippen molar-refractivity contribution in [2.24, 2.45) is 5.73 Å². The number of carboxylic acid groups (broad SMARTS) is 1. The molecule has 0 aromatic heterocycles. The van der Waals surface area contributed by atoms with Crippen LogP contribution in [0.3, 0.4) is 0 Å². The van der Waals surface area contributed by atoms with Crippen LogP contribution in [0.5, 0.6) is 0 Å². The second kappa shape index (κ2) is 5.97. The number of aliphatic hydroxyl groups excluding tert-OH is 1. The molecule has 0 bridgehead atoms. The first kappa shape index (κ1) is 13.4. The molecule has 0 rings (SSSR count). The minimum absolute atomic E-state index is 0.117. The molecule has 14 heavy (non-hydrogen) atoms. The summed E-state index contributed by atoms with van der Waals surface area (Å²) in [6.07, 6.45) is 1.19. The number of rotatable bonds is 7. The lowest BCUT2D eigenvalue weighted by Crippen LogP contribution is -2.51. The molecule has 0 fully saturated rings. The number of aliphatic hydroxyl groups is 1. The van der Waals surface area contributed by atoms with Crippen LogP contribution in [0.15, 0.2) is 0 Å². The summed E-state index contributed by atoms with van der Waals surface area (Å²) in [5, 5.41) is 34.4. The van der Waals surface area contributed by atoms with Crippen molar-refractivity contribution in [2.45, 2.75) is 31.1 Å². The average molecular weight is 205 g/mol. The van der Waals surface area contributed by atoms with Gasteiger partial charge >= 0.3 is 13.1 Å². The summed E-state index contributed by atoms with van der Waals surface area (Å²) >= 11 is 0. The second-order valence-corrected chi connectivity index (χ2v) is 3.35. The Hall–Kier alpha value is -0.625. The normalized spacial score (nSPS) is 14.9. The van der Waals surface area contributed by atoms with E-state index < -0.39 is 25.2 Å². The maximum Gasteiger partial charge on any atom is 0.451 e. The van der Waals surface area contributed by atoms with E-state index in [1.54, 1.807) is 0 Å². The molecule has 6 nitrogen and oxygen atoms in total. The van der Waals surface area contributed by atoms with E-state index in [2.05, 4.69) is 0 Å². The van der Waals surface area contributed by atoms with Crippen molar-refractivity contribution in [3.63, 3.8) is 0 Å². The molecule has 0 radical (unpaired) electrons. The van der Waals surface area contributed by atoms with Crippen molar-refractivity contribution in [1.82, 2.24) is 0 Å². The molecule has 1 atom stereocenters. The number of unbranched alkanes of at least 4 members (excludes halogenated alkanes) is 1. The Morgan fingerprint density at radius 2 is 1.93 bits per heavy atom. The van der Waals surface area contributed by atoms with Crippen LogP contribution in [-0.2, 0) is 4.79 Å². The summed E-state index contributed by atoms with van der Waals surface area (Å²) in [5.41, 5.74) is 3.77. The molecule has 0 aromatic rings. The van der Waals surface area contributed by atoms with Crippen LogP contribution < -0.4 is 5.73 Å². The summed E-state index contributed by atoms with van der Waals surface area (Å²) in [5.74, 6) is -1.25. The summed E-state index contributed by atoms with van der Waals surface area (Å²) in [7, 11) is -1.37. The van der Waals surface area contributed by atoms with Crippen LogP contribution in [0.25, 0.3) is 0 Å². The molecule has 7 heteroatoms. The molecule has 0 unspecified atom stereocenters. The highest BCUT2D eigenvalue weighted by molar-refractivity contribution is 6.40. The average Bonchev–Trinajstić information content (AvgIpc) is 2.11. The first-order chi connectivity index (χ1) is 6.42. The van der Waals surface area contributed by atoms with Gasteiger partial charge in [0.15, 0.2) is 0 Å². The fourth-order valence-corrected chi connectivity index (χ4v) is 1.02. The van der Waals surface area contributed by atoms with E-state index in [4.69, 9.17) is 26.0 Å². The van der Waals surface area contributed by atoms with Gasteiger partial charge in [-0.2, -0.15) is 0 Å². The Balaban J connectivity index is 3.79. The monoisotopic (exact) mass is 205 g/mol. The lowest BCUT2D eigenvalue weighted by atomic mass is 9.82. The van der Waals surface area contributed by atoms with Crippen LogP contribution in [0, 0.1) is 0 Å². The van der Waals surface area contributed by atoms with Crippen LogP contribution in [0.1, 0.15) is 19.3 Å². The quantitative estimate of drug-likeness (QED) is 0.252. The zero-order valence-electron chi connectivity index (χ0n) is 7.89. The van der Waals surface area contributed by atoms with E-state index in [-0.39, 0.29) is 12.7 Å². The molecular formula is C7H16BNO5. The van der Waals surface area contributed by atoms with Crippen molar-refractivity contribution in [3.05, 3.63) is 0 Å². The van der Waals surface area contributed by atoms with Gasteiger partial charge in [0.1, 0.15) is 5.54 Å². The summed E-state index contributed by atoms with van der Waals surface area (Å²) in [6, 6.07) is 0. The minimum atomic E-state index is -1.61. The van der Waals surface area contributed by atoms with Gasteiger partial charge in [-0.1, -0.05) is 12.8 Å². The molecule has 0 saturated carbocycles. The lowest BCUT2D eigenvalue weighted by Gasteiger charge is -2.21. The van der Waals surface area contributed by atoms with Crippen molar-refractivity contribution < 1.29 is 25.1 Å². The van der Waals surface area contributed by atoms with Gasteiger partial charge < -0.3 is 26.0 Å². The van der Waals surface area contributed by atoms with Gasteiger partial charge in [0.2, 0.25) is 0 Å². The summed E-state index contributed by atoms with van der Waals surface area (Å²) < 4.78 is 0. The van der Waals surface area contributed by atoms with E-state index in [0.717, 1.165) is 0 Å². The maximum absolute atomic E-state index is 10.6. The van der Waals surface area contributed by atoms with Gasteiger partial charge in [-0.05, 0) is 12.7 Å². The number of carbonyl (C=O) groups is 1. The van der Waals surface area contributed by atoms with Crippen molar-refractivity contribution >= 4 is 13.1 Å². The molecule has 0 saturated heterocycles. The van der Waals surface area contributed by atoms with Gasteiger partial charge in [-0.15, -0.1) is 0 Å². The Morgan fingerprint density at radius 1 is 1.36 bits per heavy atom. The summed E-state index contributed by atoms with van der Waals surface area (Å²) in [6.45, 7) is -0.621. The minimum Gasteiger partial charge on any atom is -0.480 e. The van der Waals surface area contributed by atoms with Gasteiger partial charge in [-0.3, -0.25) is 4.79 Å². The predicted octanol–water partition coefficient (Wildman–Crippen LogP) is -1.60. The highest BCUT2D eigenvalue weighted by Crippen LogP contribution is 2.12. The molecule has 0 aliphatic heterocycles. The molecule has 0 amide bonds. The van der Waals surface area contributed by atoms with Crippen LogP contribution in [-0.4, -0.2) is 45.5 Å². The number of hydrogen-bond donors (Lipinski definition) is 5. The smallest absolute Gasteiger partial charge is 0.451 e. The third kappa shape index (κ3) is 4.57. The van der Waals surface area contributed by atoms with E-state index in [0.29, 0.717) is 12.8 Å². The Bertz CT molecular complexity index is 189. The molecule has 0 aromatic carbocycles.